The van der Waals surface area contributed by atoms with Gasteiger partial charge >= 0.3 is 0 Å². The molecule has 4 nitrogen and oxygen atoms in total. The summed E-state index contributed by atoms with van der Waals surface area (Å²) in [6.07, 6.45) is 2.94. The summed E-state index contributed by atoms with van der Waals surface area (Å²) in [6.45, 7) is 5.61. The Morgan fingerprint density at radius 3 is 3.05 bits per heavy atom. The second-order valence-electron chi connectivity index (χ2n) is 6.54. The molecule has 3 atom stereocenters. The Labute approximate surface area is 126 Å². The number of benzene rings is 1. The number of nitrogens with one attached hydrogen (secondary N) is 2. The van der Waals surface area contributed by atoms with Gasteiger partial charge in [0.15, 0.2) is 0 Å². The van der Waals surface area contributed by atoms with Crippen LogP contribution in [0.25, 0.3) is 0 Å². The molecule has 2 heterocycles. The number of hydrogen-bond acceptors (Lipinski definition) is 3. The maximum Gasteiger partial charge on any atom is 0.227 e. The Balaban J connectivity index is 1.70. The van der Waals surface area contributed by atoms with Gasteiger partial charge in [0.25, 0.3) is 0 Å². The SMILES string of the molecule is CC1CC(C(=O)NCC2(C)CCCO2)c2ccccc2N1. The first kappa shape index (κ1) is 14.4. The van der Waals surface area contributed by atoms with Crippen molar-refractivity contribution in [2.75, 3.05) is 18.5 Å². The largest absolute Gasteiger partial charge is 0.382 e. The lowest BCUT2D eigenvalue weighted by Gasteiger charge is -2.31. The normalized spacial score (nSPS) is 31.3. The lowest BCUT2D eigenvalue weighted by Crippen LogP contribution is -2.43. The minimum absolute atomic E-state index is 0.0672. The van der Waals surface area contributed by atoms with E-state index in [9.17, 15) is 4.79 Å². The zero-order valence-electron chi connectivity index (χ0n) is 12.8. The number of carbonyl (C=O) groups excluding carboxylic acids is 1. The van der Waals surface area contributed by atoms with Crippen LogP contribution in [0, 0.1) is 0 Å². The summed E-state index contributed by atoms with van der Waals surface area (Å²) in [5.74, 6) is 0.0509. The zero-order chi connectivity index (χ0) is 14.9. The third-order valence-corrected chi connectivity index (χ3v) is 4.58. The van der Waals surface area contributed by atoms with E-state index < -0.39 is 0 Å². The van der Waals surface area contributed by atoms with Crippen molar-refractivity contribution < 1.29 is 9.53 Å². The molecule has 1 aromatic rings. The molecule has 0 aliphatic carbocycles. The maximum absolute atomic E-state index is 12.6. The summed E-state index contributed by atoms with van der Waals surface area (Å²) in [7, 11) is 0. The van der Waals surface area contributed by atoms with Gasteiger partial charge in [-0.05, 0) is 44.7 Å². The van der Waals surface area contributed by atoms with Crippen molar-refractivity contribution in [3.63, 3.8) is 0 Å². The average Bonchev–Trinajstić information content (AvgIpc) is 2.91. The topological polar surface area (TPSA) is 50.4 Å². The minimum Gasteiger partial charge on any atom is -0.382 e. The summed E-state index contributed by atoms with van der Waals surface area (Å²) in [5.41, 5.74) is 2.00. The fourth-order valence-corrected chi connectivity index (χ4v) is 3.36. The van der Waals surface area contributed by atoms with Crippen LogP contribution in [0.4, 0.5) is 5.69 Å². The summed E-state index contributed by atoms with van der Waals surface area (Å²) in [5, 5.41) is 6.55. The number of para-hydroxylation sites is 1. The number of rotatable bonds is 3. The molecule has 0 aromatic heterocycles. The monoisotopic (exact) mass is 288 g/mol. The number of hydrogen-bond donors (Lipinski definition) is 2. The highest BCUT2D eigenvalue weighted by molar-refractivity contribution is 5.86. The quantitative estimate of drug-likeness (QED) is 0.899. The van der Waals surface area contributed by atoms with Gasteiger partial charge in [-0.1, -0.05) is 18.2 Å². The third-order valence-electron chi connectivity index (χ3n) is 4.58. The molecule has 2 N–H and O–H groups in total. The van der Waals surface area contributed by atoms with E-state index in [1.54, 1.807) is 0 Å². The van der Waals surface area contributed by atoms with Gasteiger partial charge in [-0.3, -0.25) is 4.79 Å². The Morgan fingerprint density at radius 2 is 2.29 bits per heavy atom. The molecule has 0 saturated carbocycles. The summed E-state index contributed by atoms with van der Waals surface area (Å²) in [4.78, 5) is 12.6. The molecule has 2 aliphatic heterocycles. The number of amides is 1. The zero-order valence-corrected chi connectivity index (χ0v) is 12.8. The van der Waals surface area contributed by atoms with Gasteiger partial charge in [0.2, 0.25) is 5.91 Å². The number of fused-ring (bicyclic) bond motifs is 1. The lowest BCUT2D eigenvalue weighted by atomic mass is 9.86. The second kappa shape index (κ2) is 5.68. The molecule has 4 heteroatoms. The van der Waals surface area contributed by atoms with Crippen molar-refractivity contribution in [3.8, 4) is 0 Å². The first-order valence-corrected chi connectivity index (χ1v) is 7.84. The molecular weight excluding hydrogens is 264 g/mol. The van der Waals surface area contributed by atoms with Gasteiger partial charge in [0, 0.05) is 24.9 Å². The van der Waals surface area contributed by atoms with Crippen LogP contribution in [0.1, 0.15) is 44.6 Å². The molecule has 1 fully saturated rings. The number of anilines is 1. The predicted octanol–water partition coefficient (Wildman–Crippen LogP) is 2.66. The van der Waals surface area contributed by atoms with Crippen LogP contribution in [-0.2, 0) is 9.53 Å². The van der Waals surface area contributed by atoms with Crippen molar-refractivity contribution in [1.82, 2.24) is 5.32 Å². The molecule has 1 saturated heterocycles. The summed E-state index contributed by atoms with van der Waals surface area (Å²) in [6, 6.07) is 8.41. The van der Waals surface area contributed by atoms with Gasteiger partial charge in [-0.25, -0.2) is 0 Å². The predicted molar refractivity (Wildman–Crippen MR) is 83.5 cm³/mol. The first-order chi connectivity index (χ1) is 10.1. The van der Waals surface area contributed by atoms with Crippen molar-refractivity contribution >= 4 is 11.6 Å². The van der Waals surface area contributed by atoms with Gasteiger partial charge in [0.05, 0.1) is 11.5 Å². The molecular formula is C17H24N2O2. The Hall–Kier alpha value is -1.55. The van der Waals surface area contributed by atoms with Gasteiger partial charge in [0.1, 0.15) is 0 Å². The molecule has 0 bridgehead atoms. The average molecular weight is 288 g/mol. The Morgan fingerprint density at radius 1 is 1.48 bits per heavy atom. The standard InChI is InChI=1S/C17H24N2O2/c1-12-10-14(13-6-3-4-7-15(13)19-12)16(20)18-11-17(2)8-5-9-21-17/h3-4,6-7,12,14,19H,5,8-11H2,1-2H3,(H,18,20). The van der Waals surface area contributed by atoms with Gasteiger partial charge in [-0.2, -0.15) is 0 Å². The van der Waals surface area contributed by atoms with E-state index in [0.717, 1.165) is 37.1 Å². The van der Waals surface area contributed by atoms with Crippen LogP contribution < -0.4 is 10.6 Å². The Bertz CT molecular complexity index is 523. The second-order valence-corrected chi connectivity index (χ2v) is 6.54. The van der Waals surface area contributed by atoms with Crippen molar-refractivity contribution in [3.05, 3.63) is 29.8 Å². The van der Waals surface area contributed by atoms with Crippen LogP contribution in [-0.4, -0.2) is 30.7 Å². The van der Waals surface area contributed by atoms with E-state index >= 15 is 0 Å². The molecule has 2 aliphatic rings. The van der Waals surface area contributed by atoms with Crippen LogP contribution in [0.5, 0.6) is 0 Å². The van der Waals surface area contributed by atoms with Crippen LogP contribution in [0.15, 0.2) is 24.3 Å². The fraction of sp³-hybridized carbons (Fsp3) is 0.588. The van der Waals surface area contributed by atoms with Crippen molar-refractivity contribution in [2.45, 2.75) is 50.7 Å². The van der Waals surface area contributed by atoms with E-state index in [2.05, 4.69) is 24.5 Å². The molecule has 114 valence electrons. The molecule has 1 aromatic carbocycles. The molecule has 1 amide bonds. The van der Waals surface area contributed by atoms with E-state index in [-0.39, 0.29) is 17.4 Å². The van der Waals surface area contributed by atoms with E-state index in [4.69, 9.17) is 4.74 Å². The van der Waals surface area contributed by atoms with Gasteiger partial charge < -0.3 is 15.4 Å². The highest BCUT2D eigenvalue weighted by Crippen LogP contribution is 2.34. The summed E-state index contributed by atoms with van der Waals surface area (Å²) >= 11 is 0. The van der Waals surface area contributed by atoms with E-state index in [1.807, 2.05) is 24.3 Å². The molecule has 21 heavy (non-hydrogen) atoms. The maximum atomic E-state index is 12.6. The fourth-order valence-electron chi connectivity index (χ4n) is 3.36. The highest BCUT2D eigenvalue weighted by Gasteiger charge is 2.33. The minimum atomic E-state index is -0.187. The van der Waals surface area contributed by atoms with Crippen LogP contribution >= 0.6 is 0 Å². The first-order valence-electron chi connectivity index (χ1n) is 7.84. The van der Waals surface area contributed by atoms with E-state index in [1.165, 1.54) is 0 Å². The van der Waals surface area contributed by atoms with Crippen LogP contribution in [0.3, 0.4) is 0 Å². The van der Waals surface area contributed by atoms with Crippen molar-refractivity contribution in [2.24, 2.45) is 0 Å². The number of ether oxygens (including phenoxy) is 1. The molecule has 3 unspecified atom stereocenters. The molecule has 3 rings (SSSR count). The lowest BCUT2D eigenvalue weighted by molar-refractivity contribution is -0.124. The van der Waals surface area contributed by atoms with Crippen molar-refractivity contribution in [1.29, 1.82) is 0 Å². The Kier molecular flexibility index (Phi) is 3.89. The third kappa shape index (κ3) is 3.05. The van der Waals surface area contributed by atoms with Crippen LogP contribution in [0.2, 0.25) is 0 Å². The smallest absolute Gasteiger partial charge is 0.227 e. The summed E-state index contributed by atoms with van der Waals surface area (Å²) < 4.78 is 5.74. The van der Waals surface area contributed by atoms with Gasteiger partial charge in [-0.15, -0.1) is 0 Å². The molecule has 0 radical (unpaired) electrons. The number of carbonyl (C=O) groups is 1. The van der Waals surface area contributed by atoms with E-state index in [0.29, 0.717) is 12.6 Å². The highest BCUT2D eigenvalue weighted by atomic mass is 16.5. The molecule has 0 spiro atoms.